The van der Waals surface area contributed by atoms with E-state index in [1.165, 1.54) is 12.8 Å². The first-order chi connectivity index (χ1) is 8.08. The van der Waals surface area contributed by atoms with Crippen LogP contribution in [0.3, 0.4) is 0 Å². The molecule has 3 unspecified atom stereocenters. The zero-order chi connectivity index (χ0) is 12.5. The lowest BCUT2D eigenvalue weighted by atomic mass is 9.84. The van der Waals surface area contributed by atoms with Gasteiger partial charge in [0, 0.05) is 30.7 Å². The summed E-state index contributed by atoms with van der Waals surface area (Å²) in [6.07, 6.45) is 6.46. The van der Waals surface area contributed by atoms with Crippen LogP contribution in [0.2, 0.25) is 0 Å². The molecule has 0 aromatic carbocycles. The average molecular weight is 241 g/mol. The van der Waals surface area contributed by atoms with Crippen LogP contribution in [0.15, 0.2) is 0 Å². The van der Waals surface area contributed by atoms with Gasteiger partial charge in [-0.05, 0) is 32.1 Å². The summed E-state index contributed by atoms with van der Waals surface area (Å²) in [4.78, 5) is 2.57. The molecule has 2 saturated heterocycles. The largest absolute Gasteiger partial charge is 0.396 e. The fourth-order valence-electron chi connectivity index (χ4n) is 3.76. The molecular weight excluding hydrogens is 214 g/mol. The molecule has 0 radical (unpaired) electrons. The number of hydrogen-bond acceptors (Lipinski definition) is 3. The summed E-state index contributed by atoms with van der Waals surface area (Å²) in [7, 11) is 0. The lowest BCUT2D eigenvalue weighted by Crippen LogP contribution is -2.49. The van der Waals surface area contributed by atoms with Crippen LogP contribution in [0.4, 0.5) is 0 Å². The minimum Gasteiger partial charge on any atom is -0.396 e. The first-order valence-electron chi connectivity index (χ1n) is 7.12. The van der Waals surface area contributed by atoms with Crippen molar-refractivity contribution in [2.24, 2.45) is 5.41 Å². The highest BCUT2D eigenvalue weighted by molar-refractivity contribution is 4.97. The van der Waals surface area contributed by atoms with Gasteiger partial charge in [-0.1, -0.05) is 20.3 Å². The summed E-state index contributed by atoms with van der Waals surface area (Å²) in [5, 5.41) is 19.4. The molecule has 3 heteroatoms. The summed E-state index contributed by atoms with van der Waals surface area (Å²) < 4.78 is 0. The molecule has 2 aliphatic rings. The Balaban J connectivity index is 1.99. The molecule has 0 saturated carbocycles. The van der Waals surface area contributed by atoms with Crippen LogP contribution in [-0.2, 0) is 0 Å². The second-order valence-electron chi connectivity index (χ2n) is 6.40. The van der Waals surface area contributed by atoms with Crippen LogP contribution >= 0.6 is 0 Å². The maximum atomic E-state index is 9.79. The molecule has 3 nitrogen and oxygen atoms in total. The van der Waals surface area contributed by atoms with E-state index in [1.54, 1.807) is 0 Å². The van der Waals surface area contributed by atoms with Crippen molar-refractivity contribution >= 4 is 0 Å². The number of hydrogen-bond donors (Lipinski definition) is 2. The number of nitrogens with zero attached hydrogens (tertiary/aromatic N) is 1. The highest BCUT2D eigenvalue weighted by atomic mass is 16.3. The van der Waals surface area contributed by atoms with E-state index in [9.17, 15) is 10.2 Å². The molecule has 2 aliphatic heterocycles. The smallest absolute Gasteiger partial charge is 0.0570 e. The van der Waals surface area contributed by atoms with E-state index in [4.69, 9.17) is 0 Å². The monoisotopic (exact) mass is 241 g/mol. The molecule has 3 atom stereocenters. The van der Waals surface area contributed by atoms with Crippen molar-refractivity contribution in [1.82, 2.24) is 4.90 Å². The highest BCUT2D eigenvalue weighted by Crippen LogP contribution is 2.38. The highest BCUT2D eigenvalue weighted by Gasteiger charge is 2.42. The lowest BCUT2D eigenvalue weighted by Gasteiger charge is -2.42. The van der Waals surface area contributed by atoms with Gasteiger partial charge < -0.3 is 10.2 Å². The number of aliphatic hydroxyl groups excluding tert-OH is 2. The van der Waals surface area contributed by atoms with Crippen LogP contribution in [-0.4, -0.2) is 46.5 Å². The van der Waals surface area contributed by atoms with Crippen LogP contribution in [0.5, 0.6) is 0 Å². The Morgan fingerprint density at radius 2 is 1.82 bits per heavy atom. The molecule has 0 aromatic rings. The second kappa shape index (κ2) is 5.25. The van der Waals surface area contributed by atoms with Gasteiger partial charge in [0.25, 0.3) is 0 Å². The molecule has 0 aliphatic carbocycles. The first kappa shape index (κ1) is 13.3. The zero-order valence-corrected chi connectivity index (χ0v) is 11.2. The molecule has 2 fully saturated rings. The van der Waals surface area contributed by atoms with Crippen molar-refractivity contribution in [2.45, 2.75) is 70.6 Å². The van der Waals surface area contributed by atoms with Gasteiger partial charge in [0.15, 0.2) is 0 Å². The lowest BCUT2D eigenvalue weighted by molar-refractivity contribution is -0.00330. The van der Waals surface area contributed by atoms with Gasteiger partial charge in [-0.25, -0.2) is 0 Å². The third-order valence-electron chi connectivity index (χ3n) is 4.66. The van der Waals surface area contributed by atoms with Crippen molar-refractivity contribution in [1.29, 1.82) is 0 Å². The van der Waals surface area contributed by atoms with Crippen molar-refractivity contribution in [3.63, 3.8) is 0 Å². The van der Waals surface area contributed by atoms with Crippen LogP contribution in [0, 0.1) is 5.41 Å². The number of fused-ring (bicyclic) bond motifs is 2. The topological polar surface area (TPSA) is 43.7 Å². The van der Waals surface area contributed by atoms with Crippen molar-refractivity contribution in [3.05, 3.63) is 0 Å². The minimum atomic E-state index is -0.0877. The number of rotatable bonds is 5. The Labute approximate surface area is 105 Å². The third kappa shape index (κ3) is 2.83. The molecule has 0 amide bonds. The molecule has 2 bridgehead atoms. The fraction of sp³-hybridized carbons (Fsp3) is 1.00. The molecule has 2 N–H and O–H groups in total. The number of aliphatic hydroxyl groups is 2. The molecule has 100 valence electrons. The summed E-state index contributed by atoms with van der Waals surface area (Å²) >= 11 is 0. The Hall–Kier alpha value is -0.120. The SMILES string of the molecule is CCCC(C)(CO)CN1C2CCC1CC(O)C2. The van der Waals surface area contributed by atoms with E-state index < -0.39 is 0 Å². The van der Waals surface area contributed by atoms with E-state index in [0.29, 0.717) is 12.1 Å². The van der Waals surface area contributed by atoms with Crippen molar-refractivity contribution < 1.29 is 10.2 Å². The normalized spacial score (nSPS) is 37.1. The summed E-state index contributed by atoms with van der Waals surface area (Å²) in [6.45, 7) is 5.65. The minimum absolute atomic E-state index is 0.0396. The van der Waals surface area contributed by atoms with Gasteiger partial charge in [0.1, 0.15) is 0 Å². The van der Waals surface area contributed by atoms with Gasteiger partial charge in [-0.2, -0.15) is 0 Å². The first-order valence-corrected chi connectivity index (χ1v) is 7.12. The van der Waals surface area contributed by atoms with Crippen molar-refractivity contribution in [2.75, 3.05) is 13.2 Å². The molecule has 0 spiro atoms. The van der Waals surface area contributed by atoms with E-state index in [1.807, 2.05) is 0 Å². The summed E-state index contributed by atoms with van der Waals surface area (Å²) in [5.41, 5.74) is 0.0396. The van der Waals surface area contributed by atoms with Gasteiger partial charge in [-0.15, -0.1) is 0 Å². The standard InChI is InChI=1S/C14H27NO2/c1-3-6-14(2,10-16)9-15-11-4-5-12(15)8-13(17)7-11/h11-13,16-17H,3-10H2,1-2H3. The predicted molar refractivity (Wildman–Crippen MR) is 68.9 cm³/mol. The van der Waals surface area contributed by atoms with E-state index in [-0.39, 0.29) is 18.1 Å². The Bertz CT molecular complexity index is 245. The van der Waals surface area contributed by atoms with Crippen LogP contribution < -0.4 is 0 Å². The Morgan fingerprint density at radius 1 is 1.24 bits per heavy atom. The van der Waals surface area contributed by atoms with Gasteiger partial charge in [0.2, 0.25) is 0 Å². The van der Waals surface area contributed by atoms with Crippen LogP contribution in [0.1, 0.15) is 52.4 Å². The zero-order valence-electron chi connectivity index (χ0n) is 11.2. The second-order valence-corrected chi connectivity index (χ2v) is 6.40. The van der Waals surface area contributed by atoms with E-state index in [0.717, 1.165) is 32.2 Å². The van der Waals surface area contributed by atoms with Crippen molar-refractivity contribution in [3.8, 4) is 0 Å². The summed E-state index contributed by atoms with van der Waals surface area (Å²) in [6, 6.07) is 1.12. The Morgan fingerprint density at radius 3 is 2.29 bits per heavy atom. The number of piperidine rings is 1. The van der Waals surface area contributed by atoms with E-state index >= 15 is 0 Å². The van der Waals surface area contributed by atoms with Gasteiger partial charge in [-0.3, -0.25) is 4.90 Å². The molecule has 17 heavy (non-hydrogen) atoms. The third-order valence-corrected chi connectivity index (χ3v) is 4.66. The fourth-order valence-corrected chi connectivity index (χ4v) is 3.76. The van der Waals surface area contributed by atoms with Crippen LogP contribution in [0.25, 0.3) is 0 Å². The van der Waals surface area contributed by atoms with Gasteiger partial charge >= 0.3 is 0 Å². The maximum absolute atomic E-state index is 9.79. The maximum Gasteiger partial charge on any atom is 0.0570 e. The summed E-state index contributed by atoms with van der Waals surface area (Å²) in [5.74, 6) is 0. The molecule has 2 rings (SSSR count). The van der Waals surface area contributed by atoms with Gasteiger partial charge in [0.05, 0.1) is 6.10 Å². The molecule has 0 aromatic heterocycles. The average Bonchev–Trinajstić information content (AvgIpc) is 2.52. The Kier molecular flexibility index (Phi) is 4.11. The van der Waals surface area contributed by atoms with E-state index in [2.05, 4.69) is 18.7 Å². The predicted octanol–water partition coefficient (Wildman–Crippen LogP) is 1.77. The molecular formula is C14H27NO2. The quantitative estimate of drug-likeness (QED) is 0.771. The molecule has 2 heterocycles.